The number of hydrogen-bond acceptors (Lipinski definition) is 17. The number of ketones is 2. The molecule has 2 bridgehead atoms. The van der Waals surface area contributed by atoms with Gasteiger partial charge >= 0.3 is 5.97 Å². The van der Waals surface area contributed by atoms with Gasteiger partial charge < -0.3 is 83.4 Å². The first kappa shape index (κ1) is 81.4. The maximum atomic E-state index is 15.4. The lowest BCUT2D eigenvalue weighted by molar-refractivity contribution is -0.147. The summed E-state index contributed by atoms with van der Waals surface area (Å²) in [6.07, 6.45) is 2.82. The van der Waals surface area contributed by atoms with Crippen LogP contribution >= 0.6 is 0 Å². The summed E-state index contributed by atoms with van der Waals surface area (Å²) in [5, 5.41) is 32.1. The molecule has 4 aliphatic rings. The summed E-state index contributed by atoms with van der Waals surface area (Å²) in [6, 6.07) is 9.90. The molecule has 0 aliphatic carbocycles. The van der Waals surface area contributed by atoms with Crippen LogP contribution in [0.15, 0.2) is 114 Å². The second-order valence-corrected chi connectivity index (χ2v) is 27.9. The molecule has 1 saturated heterocycles. The highest BCUT2D eigenvalue weighted by Gasteiger charge is 2.49. The topological polar surface area (TPSA) is 456 Å². The van der Waals surface area contributed by atoms with Crippen LogP contribution in [0.3, 0.4) is 0 Å². The highest BCUT2D eigenvalue weighted by Crippen LogP contribution is 2.33. The number of carbonyl (C=O) groups excluding carboxylic acids is 12. The van der Waals surface area contributed by atoms with E-state index in [1.165, 1.54) is 80.8 Å². The largest absolute Gasteiger partial charge is 0.497 e. The Hall–Kier alpha value is -11.7. The number of amides is 10. The van der Waals surface area contributed by atoms with E-state index in [9.17, 15) is 43.5 Å². The van der Waals surface area contributed by atoms with Gasteiger partial charge in [0.15, 0.2) is 11.6 Å². The van der Waals surface area contributed by atoms with Gasteiger partial charge in [0.1, 0.15) is 65.5 Å². The summed E-state index contributed by atoms with van der Waals surface area (Å²) in [5.41, 5.74) is 13.2. The van der Waals surface area contributed by atoms with Crippen LogP contribution < -0.4 is 63.5 Å². The number of aliphatic carboxylic acids is 1. The molecule has 2 aromatic heterocycles. The number of primary amides is 1. The molecule has 0 radical (unpaired) electrons. The molecule has 0 saturated carbocycles. The Morgan fingerprint density at radius 3 is 1.92 bits per heavy atom. The summed E-state index contributed by atoms with van der Waals surface area (Å²) in [4.78, 5) is 198. The summed E-state index contributed by atoms with van der Waals surface area (Å²) in [7, 11) is 1.46. The highest BCUT2D eigenvalue weighted by atomic mass is 19.1. The summed E-state index contributed by atoms with van der Waals surface area (Å²) < 4.78 is 41.3. The van der Waals surface area contributed by atoms with Crippen LogP contribution in [0.25, 0.3) is 21.8 Å². The lowest BCUT2D eigenvalue weighted by Crippen LogP contribution is -2.62. The van der Waals surface area contributed by atoms with E-state index < -0.39 is 174 Å². The van der Waals surface area contributed by atoms with Crippen LogP contribution in [-0.4, -0.2) is 184 Å². The number of unbranched alkanes of at least 4 members (excludes halogenated alkanes) is 1. The number of aliphatic imine (C=N–C) groups is 1. The molecule has 109 heavy (non-hydrogen) atoms. The predicted molar refractivity (Wildman–Crippen MR) is 394 cm³/mol. The third kappa shape index (κ3) is 22.2. The van der Waals surface area contributed by atoms with E-state index in [4.69, 9.17) is 20.9 Å². The average Bonchev–Trinajstić information content (AvgIpc) is 1.67. The fourth-order valence-corrected chi connectivity index (χ4v) is 13.7. The second-order valence-electron chi connectivity index (χ2n) is 27.9. The number of benzene rings is 4. The number of carboxylic acids is 1. The van der Waals surface area contributed by atoms with Crippen molar-refractivity contribution in [2.75, 3.05) is 33.4 Å². The van der Waals surface area contributed by atoms with Gasteiger partial charge in [-0.25, -0.2) is 8.78 Å². The van der Waals surface area contributed by atoms with Crippen molar-refractivity contribution in [1.29, 1.82) is 0 Å². The number of fused-ring (bicyclic) bond motifs is 35. The number of carboxylic acid groups (broad SMARTS) is 1. The third-order valence-electron chi connectivity index (χ3n) is 19.7. The summed E-state index contributed by atoms with van der Waals surface area (Å²) >= 11 is 0. The molecule has 4 aliphatic heterocycles. The number of Topliss-reactive ketones (excluding diaryl/α,β-unsaturated/α-hetero) is 2. The van der Waals surface area contributed by atoms with Gasteiger partial charge in [-0.2, -0.15) is 0 Å². The minimum atomic E-state index is -1.92. The fourth-order valence-electron chi connectivity index (χ4n) is 13.7. The Labute approximate surface area is 626 Å². The Morgan fingerprint density at radius 2 is 1.31 bits per heavy atom. The number of aromatic amines is 2. The van der Waals surface area contributed by atoms with Crippen molar-refractivity contribution in [2.45, 2.75) is 165 Å². The van der Waals surface area contributed by atoms with Crippen molar-refractivity contribution >= 4 is 105 Å². The molecular weight excluding hydrogens is 1410 g/mol. The molecule has 6 heterocycles. The zero-order valence-electron chi connectivity index (χ0n) is 60.9. The third-order valence-corrected chi connectivity index (χ3v) is 19.7. The average molecular weight is 1510 g/mol. The van der Waals surface area contributed by atoms with E-state index in [2.05, 4.69) is 57.5 Å². The molecule has 0 spiro atoms. The molecule has 32 heteroatoms. The van der Waals surface area contributed by atoms with Gasteiger partial charge in [-0.15, -0.1) is 0 Å². The zero-order valence-corrected chi connectivity index (χ0v) is 60.9. The number of methoxy groups -OCH3 is 1. The molecule has 10 rings (SSSR count). The molecule has 4 aromatic carbocycles. The highest BCUT2D eigenvalue weighted by molar-refractivity contribution is 6.01. The molecule has 6 aromatic rings. The number of nitrogens with zero attached hydrogens (tertiary/aromatic N) is 2. The standard InChI is InChI=1S/C77H92F2N14O16/c1-42-70(101)89-60(32-50-41-85-58-20-14-52(79)36-56(50)58)65(95)34-48(31-49-40-84-57-19-13-51(78)35-55(49)57)72(103)90-61(38-68(98)99)66(96)33-47(28-46-21-24-82-39-46)71(102)91-64(30-45-9-15-53(108-4)16-10-45)75(106)93-26-7-22-77(93,3)76(107)92-62(69(81)100)29-44-11-17-54(18-12-44)109-27-25-83-67(97)37-63(87-43(2)94)74(105)88-59(73(104)86-42)8-5-6-23-80/h9-20,24,35-36,39-42,47-48,59-64,84-85H,5-8,21-23,25-34,37-38,80H2,1-4H3,(H2,81,100)(H,83,97)(H,86,104)(H,87,94)(H,88,105)(H,89,101)(H,90,103)(H,91,102)(H,92,107)(H,98,99)/t42-,47-,48-,59+,60+,61+,62+,63+,64+,77+/m1/s1. The van der Waals surface area contributed by atoms with Crippen molar-refractivity contribution in [3.8, 4) is 11.5 Å². The van der Waals surface area contributed by atoms with Gasteiger partial charge in [0, 0.05) is 110 Å². The van der Waals surface area contributed by atoms with E-state index in [0.717, 1.165) is 6.92 Å². The Morgan fingerprint density at radius 1 is 0.697 bits per heavy atom. The number of rotatable bonds is 17. The Kier molecular flexibility index (Phi) is 28.2. The summed E-state index contributed by atoms with van der Waals surface area (Å²) in [5.74, 6) is -15.4. The maximum absolute atomic E-state index is 15.4. The van der Waals surface area contributed by atoms with E-state index in [-0.39, 0.29) is 95.0 Å². The number of ether oxygens (including phenoxy) is 2. The van der Waals surface area contributed by atoms with Crippen LogP contribution in [0.5, 0.6) is 11.5 Å². The molecule has 10 amide bonds. The number of allylic oxidation sites excluding steroid dienone is 1. The van der Waals surface area contributed by atoms with Gasteiger partial charge in [-0.1, -0.05) is 24.3 Å². The Balaban J connectivity index is 1.08. The molecule has 15 N–H and O–H groups in total. The quantitative estimate of drug-likeness (QED) is 0.0461. The lowest BCUT2D eigenvalue weighted by Gasteiger charge is -2.37. The van der Waals surface area contributed by atoms with Gasteiger partial charge in [0.05, 0.1) is 38.6 Å². The normalized spacial score (nSPS) is 23.9. The lowest BCUT2D eigenvalue weighted by atomic mass is 9.87. The molecule has 1 fully saturated rings. The van der Waals surface area contributed by atoms with Gasteiger partial charge in [-0.3, -0.25) is 67.3 Å². The van der Waals surface area contributed by atoms with E-state index in [1.54, 1.807) is 54.7 Å². The minimum absolute atomic E-state index is 0.0153. The van der Waals surface area contributed by atoms with E-state index in [1.807, 2.05) is 0 Å². The van der Waals surface area contributed by atoms with E-state index in [0.29, 0.717) is 63.0 Å². The van der Waals surface area contributed by atoms with Gasteiger partial charge in [-0.05, 0) is 154 Å². The number of nitrogens with one attached hydrogen (secondary N) is 10. The molecule has 0 unspecified atom stereocenters. The molecule has 30 nitrogen and oxygen atoms in total. The molecular formula is C77H92F2N14O16. The fraction of sp³-hybridized carbons (Fsp3) is 0.429. The van der Waals surface area contributed by atoms with Crippen molar-refractivity contribution in [3.05, 3.63) is 143 Å². The minimum Gasteiger partial charge on any atom is -0.497 e. The second kappa shape index (κ2) is 37.7. The monoisotopic (exact) mass is 1510 g/mol. The summed E-state index contributed by atoms with van der Waals surface area (Å²) in [6.45, 7) is 3.93. The van der Waals surface area contributed by atoms with Crippen molar-refractivity contribution < 1.29 is 85.7 Å². The number of aromatic nitrogens is 2. The smallest absolute Gasteiger partial charge is 0.305 e. The first-order valence-electron chi connectivity index (χ1n) is 36.1. The maximum Gasteiger partial charge on any atom is 0.305 e. The van der Waals surface area contributed by atoms with Crippen LogP contribution in [0.2, 0.25) is 0 Å². The van der Waals surface area contributed by atoms with Crippen molar-refractivity contribution in [2.24, 2.45) is 28.3 Å². The van der Waals surface area contributed by atoms with Gasteiger partial charge in [0.2, 0.25) is 59.1 Å². The SMILES string of the molecule is COc1ccc(C[C@@H]2NC(=O)[C@H](CC3=CN=CC3)CC(=O)[C@H](CC(=O)O)NC(=O)[C@H](Cc3c[nH]c4ccc(F)cc34)CC(=O)[C@H](Cc3c[nH]c4ccc(F)cc34)NC(=O)[C@@H](C)NC(=O)[C@H](CCCCN)NC(=O)[C@@H](NC(C)=O)CC(=O)NCCOc3ccc(cc3)C[C@@H](C(N)=O)NC(=O)[C@]3(C)CCCN3C2=O)cc1. The predicted octanol–water partition coefficient (Wildman–Crippen LogP) is 2.91. The number of H-pyrrole nitrogens is 2. The number of halogens is 2. The van der Waals surface area contributed by atoms with E-state index >= 15 is 32.8 Å². The first-order chi connectivity index (χ1) is 52.1. The van der Waals surface area contributed by atoms with Gasteiger partial charge in [0.25, 0.3) is 0 Å². The van der Waals surface area contributed by atoms with Crippen molar-refractivity contribution in [3.63, 3.8) is 0 Å². The van der Waals surface area contributed by atoms with Crippen LogP contribution in [0, 0.1) is 23.5 Å². The number of nitrogens with two attached hydrogens (primary N) is 2. The van der Waals surface area contributed by atoms with Crippen molar-refractivity contribution in [1.82, 2.24) is 57.4 Å². The van der Waals surface area contributed by atoms with Crippen LogP contribution in [0.4, 0.5) is 8.78 Å². The van der Waals surface area contributed by atoms with Crippen LogP contribution in [-0.2, 0) is 88.0 Å². The first-order valence-corrected chi connectivity index (χ1v) is 36.1. The number of carbonyl (C=O) groups is 13. The van der Waals surface area contributed by atoms with Crippen LogP contribution in [0.1, 0.15) is 114 Å². The Bertz CT molecular complexity index is 4450. The zero-order chi connectivity index (χ0) is 78.6. The molecule has 10 atom stereocenters. The number of hydrogen-bond donors (Lipinski definition) is 13. The molecule has 580 valence electrons.